The predicted molar refractivity (Wildman–Crippen MR) is 78.7 cm³/mol. The van der Waals surface area contributed by atoms with Gasteiger partial charge in [-0.2, -0.15) is 5.10 Å². The lowest BCUT2D eigenvalue weighted by atomic mass is 10.1. The number of hydrogen-bond acceptors (Lipinski definition) is 3. The summed E-state index contributed by atoms with van der Waals surface area (Å²) in [6, 6.07) is 12.4. The van der Waals surface area contributed by atoms with E-state index in [2.05, 4.69) is 11.7 Å². The van der Waals surface area contributed by atoms with Crippen LogP contribution < -0.4 is 0 Å². The van der Waals surface area contributed by atoms with Gasteiger partial charge in [-0.15, -0.1) is 6.58 Å². The van der Waals surface area contributed by atoms with Crippen LogP contribution in [0.1, 0.15) is 0 Å². The number of fused-ring (bicyclic) bond motifs is 1. The van der Waals surface area contributed by atoms with Crippen molar-refractivity contribution in [3.05, 3.63) is 55.1 Å². The van der Waals surface area contributed by atoms with Gasteiger partial charge in [-0.1, -0.05) is 30.3 Å². The first-order valence-corrected chi connectivity index (χ1v) is 6.30. The second kappa shape index (κ2) is 4.74. The lowest BCUT2D eigenvalue weighted by Gasteiger charge is -2.04. The highest BCUT2D eigenvalue weighted by Gasteiger charge is 2.17. The number of nitrogens with zero attached hydrogens (tertiary/aromatic N) is 2. The summed E-state index contributed by atoms with van der Waals surface area (Å²) in [7, 11) is 0. The Morgan fingerprint density at radius 1 is 1.05 bits per heavy atom. The summed E-state index contributed by atoms with van der Waals surface area (Å²) in [6.07, 6.45) is 1.76. The molecule has 3 rings (SSSR count). The van der Waals surface area contributed by atoms with Crippen LogP contribution in [0.3, 0.4) is 0 Å². The van der Waals surface area contributed by atoms with Crippen molar-refractivity contribution in [3.8, 4) is 22.8 Å². The van der Waals surface area contributed by atoms with E-state index in [1.165, 1.54) is 12.1 Å². The van der Waals surface area contributed by atoms with Gasteiger partial charge >= 0.3 is 0 Å². The lowest BCUT2D eigenvalue weighted by Crippen LogP contribution is -1.96. The van der Waals surface area contributed by atoms with E-state index in [9.17, 15) is 10.2 Å². The van der Waals surface area contributed by atoms with Crippen LogP contribution in [0.5, 0.6) is 11.5 Å². The van der Waals surface area contributed by atoms with Crippen LogP contribution in [0, 0.1) is 0 Å². The highest BCUT2D eigenvalue weighted by atomic mass is 16.3. The summed E-state index contributed by atoms with van der Waals surface area (Å²) in [5, 5.41) is 25.4. The first-order chi connectivity index (χ1) is 9.72. The van der Waals surface area contributed by atoms with E-state index < -0.39 is 0 Å². The van der Waals surface area contributed by atoms with E-state index >= 15 is 0 Å². The van der Waals surface area contributed by atoms with E-state index in [4.69, 9.17) is 0 Å². The maximum Gasteiger partial charge on any atom is 0.128 e. The Hall–Kier alpha value is -2.75. The van der Waals surface area contributed by atoms with Crippen molar-refractivity contribution in [2.24, 2.45) is 0 Å². The van der Waals surface area contributed by atoms with Gasteiger partial charge in [-0.3, -0.25) is 4.68 Å². The van der Waals surface area contributed by atoms with Crippen molar-refractivity contribution in [3.63, 3.8) is 0 Å². The van der Waals surface area contributed by atoms with E-state index in [-0.39, 0.29) is 11.5 Å². The molecule has 4 heteroatoms. The molecule has 0 bridgehead atoms. The molecule has 2 N–H and O–H groups in total. The zero-order chi connectivity index (χ0) is 14.1. The molecule has 0 atom stereocenters. The molecule has 1 heterocycles. The zero-order valence-corrected chi connectivity index (χ0v) is 10.8. The number of rotatable bonds is 3. The van der Waals surface area contributed by atoms with E-state index in [1.54, 1.807) is 16.8 Å². The SMILES string of the molecule is C=CCn1nc(-c2c(O)cccc2O)c2ccccc21. The Balaban J connectivity index is 2.34. The number of benzene rings is 2. The average Bonchev–Trinajstić information content (AvgIpc) is 2.79. The van der Waals surface area contributed by atoms with Crippen molar-refractivity contribution in [1.29, 1.82) is 0 Å². The minimum Gasteiger partial charge on any atom is -0.507 e. The number of para-hydroxylation sites is 1. The standard InChI is InChI=1S/C16H14N2O2/c1-2-10-18-12-7-4-3-6-11(12)16(17-18)15-13(19)8-5-9-14(15)20/h2-9,19-20H,1,10H2. The second-order valence-corrected chi connectivity index (χ2v) is 4.51. The average molecular weight is 266 g/mol. The van der Waals surface area contributed by atoms with E-state index in [0.717, 1.165) is 10.9 Å². The normalized spacial score (nSPS) is 10.8. The maximum atomic E-state index is 10.0. The van der Waals surface area contributed by atoms with Crippen molar-refractivity contribution in [2.45, 2.75) is 6.54 Å². The molecule has 0 fully saturated rings. The fraction of sp³-hybridized carbons (Fsp3) is 0.0625. The second-order valence-electron chi connectivity index (χ2n) is 4.51. The van der Waals surface area contributed by atoms with Crippen molar-refractivity contribution in [2.75, 3.05) is 0 Å². The number of aromatic nitrogens is 2. The van der Waals surface area contributed by atoms with Gasteiger partial charge in [0.05, 0.1) is 17.6 Å². The highest BCUT2D eigenvalue weighted by Crippen LogP contribution is 2.39. The Morgan fingerprint density at radius 2 is 1.75 bits per heavy atom. The fourth-order valence-electron chi connectivity index (χ4n) is 2.34. The Morgan fingerprint density at radius 3 is 2.45 bits per heavy atom. The lowest BCUT2D eigenvalue weighted by molar-refractivity contribution is 0.454. The van der Waals surface area contributed by atoms with Crippen LogP contribution in [0.25, 0.3) is 22.2 Å². The molecule has 4 nitrogen and oxygen atoms in total. The molecule has 100 valence electrons. The minimum absolute atomic E-state index is 0.0130. The van der Waals surface area contributed by atoms with Gasteiger partial charge in [0, 0.05) is 5.39 Å². The van der Waals surface area contributed by atoms with Crippen molar-refractivity contribution in [1.82, 2.24) is 9.78 Å². The quantitative estimate of drug-likeness (QED) is 0.715. The third kappa shape index (κ3) is 1.82. The largest absolute Gasteiger partial charge is 0.507 e. The van der Waals surface area contributed by atoms with Gasteiger partial charge in [-0.25, -0.2) is 0 Å². The molecule has 3 aromatic rings. The zero-order valence-electron chi connectivity index (χ0n) is 10.8. The number of hydrogen-bond donors (Lipinski definition) is 2. The molecule has 0 aliphatic rings. The van der Waals surface area contributed by atoms with Crippen LogP contribution >= 0.6 is 0 Å². The van der Waals surface area contributed by atoms with Gasteiger partial charge in [0.1, 0.15) is 17.2 Å². The molecule has 0 aliphatic carbocycles. The molecule has 20 heavy (non-hydrogen) atoms. The Kier molecular flexibility index (Phi) is 2.91. The van der Waals surface area contributed by atoms with E-state index in [0.29, 0.717) is 17.8 Å². The molecule has 1 aromatic heterocycles. The molecule has 0 amide bonds. The summed E-state index contributed by atoms with van der Waals surface area (Å²) in [6.45, 7) is 4.28. The molecular weight excluding hydrogens is 252 g/mol. The number of phenolic OH excluding ortho intramolecular Hbond substituents is 2. The number of aromatic hydroxyl groups is 2. The maximum absolute atomic E-state index is 10.0. The number of phenols is 2. The first kappa shape index (κ1) is 12.3. The monoisotopic (exact) mass is 266 g/mol. The van der Waals surface area contributed by atoms with Crippen molar-refractivity contribution >= 4 is 10.9 Å². The van der Waals surface area contributed by atoms with Crippen molar-refractivity contribution < 1.29 is 10.2 Å². The van der Waals surface area contributed by atoms with Gasteiger partial charge in [0.2, 0.25) is 0 Å². The van der Waals surface area contributed by atoms with Gasteiger partial charge in [0.25, 0.3) is 0 Å². The molecule has 0 aliphatic heterocycles. The third-order valence-electron chi connectivity index (χ3n) is 3.22. The van der Waals surface area contributed by atoms with E-state index in [1.807, 2.05) is 24.3 Å². The van der Waals surface area contributed by atoms with Crippen LogP contribution in [0.15, 0.2) is 55.1 Å². The van der Waals surface area contributed by atoms with Crippen LogP contribution in [-0.2, 0) is 6.54 Å². The molecule has 0 spiro atoms. The predicted octanol–water partition coefficient (Wildman–Crippen LogP) is 3.30. The minimum atomic E-state index is 0.0130. The Bertz CT molecular complexity index is 770. The number of allylic oxidation sites excluding steroid dienone is 1. The van der Waals surface area contributed by atoms with Gasteiger partial charge in [0.15, 0.2) is 0 Å². The smallest absolute Gasteiger partial charge is 0.128 e. The summed E-state index contributed by atoms with van der Waals surface area (Å²) >= 11 is 0. The molecule has 0 saturated heterocycles. The Labute approximate surface area is 116 Å². The van der Waals surface area contributed by atoms with Crippen LogP contribution in [-0.4, -0.2) is 20.0 Å². The summed E-state index contributed by atoms with van der Waals surface area (Å²) in [4.78, 5) is 0. The van der Waals surface area contributed by atoms with Gasteiger partial charge in [-0.05, 0) is 18.2 Å². The first-order valence-electron chi connectivity index (χ1n) is 6.30. The summed E-state index contributed by atoms with van der Waals surface area (Å²) in [5.74, 6) is 0.0259. The molecular formula is C16H14N2O2. The molecule has 0 saturated carbocycles. The highest BCUT2D eigenvalue weighted by molar-refractivity contribution is 5.96. The van der Waals surface area contributed by atoms with Crippen LogP contribution in [0.2, 0.25) is 0 Å². The molecule has 0 radical (unpaired) electrons. The third-order valence-corrected chi connectivity index (χ3v) is 3.22. The van der Waals surface area contributed by atoms with Crippen LogP contribution in [0.4, 0.5) is 0 Å². The molecule has 2 aromatic carbocycles. The molecule has 0 unspecified atom stereocenters. The van der Waals surface area contributed by atoms with Gasteiger partial charge < -0.3 is 10.2 Å². The fourth-order valence-corrected chi connectivity index (χ4v) is 2.34. The summed E-state index contributed by atoms with van der Waals surface area (Å²) in [5.41, 5.74) is 1.86. The summed E-state index contributed by atoms with van der Waals surface area (Å²) < 4.78 is 1.80. The topological polar surface area (TPSA) is 58.3 Å².